The summed E-state index contributed by atoms with van der Waals surface area (Å²) in [6.45, 7) is 3.44. The molecule has 0 fully saturated rings. The fourth-order valence-corrected chi connectivity index (χ4v) is 1.36. The maximum Gasteiger partial charge on any atom is 0.339 e. The molecule has 0 aromatic carbocycles. The predicted molar refractivity (Wildman–Crippen MR) is 54.2 cm³/mol. The lowest BCUT2D eigenvalue weighted by molar-refractivity contribution is 0.0600. The van der Waals surface area contributed by atoms with Crippen LogP contribution in [0.4, 0.5) is 4.79 Å². The molecular formula is C9H13N3O3. The molecule has 0 aliphatic carbocycles. The summed E-state index contributed by atoms with van der Waals surface area (Å²) in [5.41, 5.74) is 9.07. The monoisotopic (exact) mass is 211 g/mol. The molecule has 6 heteroatoms. The van der Waals surface area contributed by atoms with Crippen LogP contribution in [0.5, 0.6) is 0 Å². The number of nitrogens with zero attached hydrogens (tertiary/aromatic N) is 1. The molecule has 0 radical (unpaired) electrons. The summed E-state index contributed by atoms with van der Waals surface area (Å²) in [5, 5.41) is 0. The molecule has 0 bridgehead atoms. The third kappa shape index (κ3) is 2.09. The van der Waals surface area contributed by atoms with Gasteiger partial charge in [-0.2, -0.15) is 0 Å². The van der Waals surface area contributed by atoms with Gasteiger partial charge < -0.3 is 10.5 Å². The Hall–Kier alpha value is -1.98. The van der Waals surface area contributed by atoms with Crippen LogP contribution >= 0.6 is 0 Å². The summed E-state index contributed by atoms with van der Waals surface area (Å²) in [5.74, 6) is -0.444. The number of ether oxygens (including phenoxy) is 1. The zero-order valence-corrected chi connectivity index (χ0v) is 8.83. The second-order valence-electron chi connectivity index (χ2n) is 3.09. The number of primary amides is 1. The average Bonchev–Trinajstić information content (AvgIpc) is 2.44. The van der Waals surface area contributed by atoms with Gasteiger partial charge in [0.25, 0.3) is 0 Å². The van der Waals surface area contributed by atoms with Crippen LogP contribution in [-0.4, -0.2) is 23.8 Å². The quantitative estimate of drug-likeness (QED) is 0.699. The van der Waals surface area contributed by atoms with Crippen molar-refractivity contribution in [3.8, 4) is 0 Å². The van der Waals surface area contributed by atoms with Crippen molar-refractivity contribution in [2.45, 2.75) is 13.8 Å². The average molecular weight is 211 g/mol. The molecule has 2 amide bonds. The molecule has 0 aliphatic rings. The Bertz CT molecular complexity index is 409. The van der Waals surface area contributed by atoms with Gasteiger partial charge in [0.05, 0.1) is 18.4 Å². The van der Waals surface area contributed by atoms with Crippen molar-refractivity contribution in [2.24, 2.45) is 5.73 Å². The van der Waals surface area contributed by atoms with Crippen LogP contribution in [0, 0.1) is 13.8 Å². The van der Waals surface area contributed by atoms with Gasteiger partial charge in [0.2, 0.25) is 0 Å². The molecule has 0 aliphatic heterocycles. The van der Waals surface area contributed by atoms with E-state index in [9.17, 15) is 9.59 Å². The first kappa shape index (κ1) is 11.1. The Morgan fingerprint density at radius 3 is 2.53 bits per heavy atom. The first-order valence-electron chi connectivity index (χ1n) is 4.31. The van der Waals surface area contributed by atoms with Gasteiger partial charge in [0.1, 0.15) is 0 Å². The summed E-state index contributed by atoms with van der Waals surface area (Å²) in [6, 6.07) is 0.935. The highest BCUT2D eigenvalue weighted by Gasteiger charge is 2.16. The zero-order valence-electron chi connectivity index (χ0n) is 8.83. The third-order valence-corrected chi connectivity index (χ3v) is 2.06. The van der Waals surface area contributed by atoms with Crippen molar-refractivity contribution in [3.05, 3.63) is 23.0 Å². The summed E-state index contributed by atoms with van der Waals surface area (Å²) in [7, 11) is 1.30. The van der Waals surface area contributed by atoms with Gasteiger partial charge in [-0.25, -0.2) is 15.0 Å². The lowest BCUT2D eigenvalue weighted by atomic mass is 10.2. The molecule has 0 spiro atoms. The molecular weight excluding hydrogens is 198 g/mol. The molecule has 6 nitrogen and oxygen atoms in total. The number of carbonyl (C=O) groups excluding carboxylic acids is 2. The van der Waals surface area contributed by atoms with E-state index >= 15 is 0 Å². The SMILES string of the molecule is COC(=O)c1cc(C)n(NC(N)=O)c1C. The Morgan fingerprint density at radius 2 is 2.07 bits per heavy atom. The summed E-state index contributed by atoms with van der Waals surface area (Å²) < 4.78 is 6.03. The normalized spacial score (nSPS) is 9.80. The summed E-state index contributed by atoms with van der Waals surface area (Å²) in [6.07, 6.45) is 0. The topological polar surface area (TPSA) is 86.3 Å². The third-order valence-electron chi connectivity index (χ3n) is 2.06. The van der Waals surface area contributed by atoms with E-state index in [0.717, 1.165) is 0 Å². The maximum atomic E-state index is 11.3. The minimum absolute atomic E-state index is 0.406. The van der Waals surface area contributed by atoms with E-state index in [-0.39, 0.29) is 0 Å². The van der Waals surface area contributed by atoms with Crippen molar-refractivity contribution in [2.75, 3.05) is 12.5 Å². The van der Waals surface area contributed by atoms with E-state index in [0.29, 0.717) is 17.0 Å². The van der Waals surface area contributed by atoms with Crippen molar-refractivity contribution in [3.63, 3.8) is 0 Å². The van der Waals surface area contributed by atoms with Gasteiger partial charge in [-0.05, 0) is 19.9 Å². The highest BCUT2D eigenvalue weighted by atomic mass is 16.5. The van der Waals surface area contributed by atoms with E-state index in [2.05, 4.69) is 10.2 Å². The van der Waals surface area contributed by atoms with E-state index in [4.69, 9.17) is 5.73 Å². The van der Waals surface area contributed by atoms with Gasteiger partial charge >= 0.3 is 12.0 Å². The molecule has 82 valence electrons. The fourth-order valence-electron chi connectivity index (χ4n) is 1.36. The number of methoxy groups -OCH3 is 1. The van der Waals surface area contributed by atoms with Crippen molar-refractivity contribution in [1.82, 2.24) is 4.68 Å². The van der Waals surface area contributed by atoms with Crippen molar-refractivity contribution in [1.29, 1.82) is 0 Å². The van der Waals surface area contributed by atoms with Crippen LogP contribution in [-0.2, 0) is 4.74 Å². The smallest absolute Gasteiger partial charge is 0.339 e. The van der Waals surface area contributed by atoms with E-state index in [1.54, 1.807) is 19.9 Å². The Labute approximate surface area is 87.0 Å². The van der Waals surface area contributed by atoms with Crippen LogP contribution in [0.3, 0.4) is 0 Å². The zero-order chi connectivity index (χ0) is 11.6. The first-order chi connectivity index (χ1) is 6.97. The number of rotatable bonds is 2. The molecule has 15 heavy (non-hydrogen) atoms. The van der Waals surface area contributed by atoms with Crippen LogP contribution < -0.4 is 11.2 Å². The van der Waals surface area contributed by atoms with Crippen LogP contribution in [0.1, 0.15) is 21.7 Å². The van der Waals surface area contributed by atoms with Crippen LogP contribution in [0.15, 0.2) is 6.07 Å². The number of nitrogens with one attached hydrogen (secondary N) is 1. The second kappa shape index (κ2) is 4.04. The van der Waals surface area contributed by atoms with Gasteiger partial charge in [-0.15, -0.1) is 0 Å². The second-order valence-corrected chi connectivity index (χ2v) is 3.09. The lowest BCUT2D eigenvalue weighted by Gasteiger charge is -2.08. The Balaban J connectivity index is 3.14. The fraction of sp³-hybridized carbons (Fsp3) is 0.333. The van der Waals surface area contributed by atoms with Gasteiger partial charge in [0.15, 0.2) is 0 Å². The number of urea groups is 1. The largest absolute Gasteiger partial charge is 0.465 e. The van der Waals surface area contributed by atoms with Gasteiger partial charge in [0, 0.05) is 5.69 Å². The number of esters is 1. The Morgan fingerprint density at radius 1 is 1.47 bits per heavy atom. The standard InChI is InChI=1S/C9H13N3O3/c1-5-4-7(8(13)15-3)6(2)12(5)11-9(10)14/h4H,1-3H3,(H3,10,11,14). The van der Waals surface area contributed by atoms with Gasteiger partial charge in [-0.3, -0.25) is 4.68 Å². The van der Waals surface area contributed by atoms with E-state index in [1.807, 2.05) is 0 Å². The van der Waals surface area contributed by atoms with Gasteiger partial charge in [-0.1, -0.05) is 0 Å². The van der Waals surface area contributed by atoms with Crippen molar-refractivity contribution < 1.29 is 14.3 Å². The number of aromatic nitrogens is 1. The number of aryl methyl sites for hydroxylation is 1. The molecule has 1 aromatic rings. The Kier molecular flexibility index (Phi) is 2.99. The van der Waals surface area contributed by atoms with Crippen molar-refractivity contribution >= 4 is 12.0 Å². The first-order valence-corrected chi connectivity index (χ1v) is 4.31. The summed E-state index contributed by atoms with van der Waals surface area (Å²) in [4.78, 5) is 22.0. The van der Waals surface area contributed by atoms with Crippen LogP contribution in [0.25, 0.3) is 0 Å². The molecule has 3 N–H and O–H groups in total. The predicted octanol–water partition coefficient (Wildman–Crippen LogP) is 0.514. The summed E-state index contributed by atoms with van der Waals surface area (Å²) >= 11 is 0. The highest BCUT2D eigenvalue weighted by Crippen LogP contribution is 2.14. The number of nitrogens with two attached hydrogens (primary N) is 1. The molecule has 0 atom stereocenters. The van der Waals surface area contributed by atoms with E-state index in [1.165, 1.54) is 11.8 Å². The minimum atomic E-state index is -0.687. The lowest BCUT2D eigenvalue weighted by Crippen LogP contribution is -2.29. The van der Waals surface area contributed by atoms with E-state index < -0.39 is 12.0 Å². The van der Waals surface area contributed by atoms with Crippen LogP contribution in [0.2, 0.25) is 0 Å². The number of hydrogen-bond donors (Lipinski definition) is 2. The number of amides is 2. The highest BCUT2D eigenvalue weighted by molar-refractivity contribution is 5.91. The molecule has 0 saturated heterocycles. The number of carbonyl (C=O) groups is 2. The molecule has 1 heterocycles. The molecule has 1 aromatic heterocycles. The minimum Gasteiger partial charge on any atom is -0.465 e. The molecule has 1 rings (SSSR count). The molecule has 0 unspecified atom stereocenters. The maximum absolute atomic E-state index is 11.3. The molecule has 0 saturated carbocycles. The number of hydrogen-bond acceptors (Lipinski definition) is 3.